The number of rotatable bonds is 9. The summed E-state index contributed by atoms with van der Waals surface area (Å²) < 4.78 is 21.8. The maximum Gasteiger partial charge on any atom is 0.330 e. The van der Waals surface area contributed by atoms with Gasteiger partial charge in [0.2, 0.25) is 0 Å². The van der Waals surface area contributed by atoms with Gasteiger partial charge in [0.25, 0.3) is 0 Å². The molecule has 0 amide bonds. The van der Waals surface area contributed by atoms with Crippen molar-refractivity contribution in [2.45, 2.75) is 64.3 Å². The van der Waals surface area contributed by atoms with E-state index in [0.29, 0.717) is 17.9 Å². The molecule has 0 bridgehead atoms. The first-order valence-corrected chi connectivity index (χ1v) is 11.4. The zero-order valence-corrected chi connectivity index (χ0v) is 19.8. The zero-order chi connectivity index (χ0) is 23.9. The topological polar surface area (TPSA) is 74.2 Å². The summed E-state index contributed by atoms with van der Waals surface area (Å²) in [5, 5.41) is 9.70. The van der Waals surface area contributed by atoms with Crippen LogP contribution in [0.3, 0.4) is 0 Å². The van der Waals surface area contributed by atoms with Gasteiger partial charge >= 0.3 is 5.97 Å². The van der Waals surface area contributed by atoms with Crippen LogP contribution in [-0.2, 0) is 19.0 Å². The summed E-state index contributed by atoms with van der Waals surface area (Å²) in [5.74, 6) is 12.0. The summed E-state index contributed by atoms with van der Waals surface area (Å²) in [6.45, 7) is 4.78. The third-order valence-corrected chi connectivity index (χ3v) is 4.71. The molecule has 1 atom stereocenters. The Kier molecular flexibility index (Phi) is 11.6. The molecule has 0 spiro atoms. The lowest BCUT2D eigenvalue weighted by Gasteiger charge is -2.22. The van der Waals surface area contributed by atoms with Crippen molar-refractivity contribution in [3.8, 4) is 29.4 Å². The van der Waals surface area contributed by atoms with Crippen molar-refractivity contribution in [1.29, 1.82) is 0 Å². The second-order valence-electron chi connectivity index (χ2n) is 8.15. The van der Waals surface area contributed by atoms with Gasteiger partial charge in [-0.1, -0.05) is 29.7 Å². The predicted octanol–water partition coefficient (Wildman–Crippen LogP) is 4.09. The molecule has 0 aromatic heterocycles. The largest absolute Gasteiger partial charge is 0.480 e. The van der Waals surface area contributed by atoms with Gasteiger partial charge in [-0.3, -0.25) is 0 Å². The van der Waals surface area contributed by atoms with Gasteiger partial charge in [-0.15, -0.1) is 0 Å². The number of aliphatic hydroxyl groups is 1. The Morgan fingerprint density at radius 1 is 1.27 bits per heavy atom. The summed E-state index contributed by atoms with van der Waals surface area (Å²) >= 11 is 0. The highest BCUT2D eigenvalue weighted by Crippen LogP contribution is 2.24. The molecule has 2 rings (SSSR count). The van der Waals surface area contributed by atoms with Crippen LogP contribution in [0.2, 0.25) is 0 Å². The number of benzene rings is 1. The molecule has 1 heterocycles. The van der Waals surface area contributed by atoms with Crippen molar-refractivity contribution in [2.75, 3.05) is 26.9 Å². The lowest BCUT2D eigenvalue weighted by molar-refractivity contribution is -0.162. The van der Waals surface area contributed by atoms with E-state index < -0.39 is 11.6 Å². The van der Waals surface area contributed by atoms with Gasteiger partial charge in [-0.25, -0.2) is 4.79 Å². The molecular formula is C27H34O6. The molecule has 1 aromatic carbocycles. The number of unbranched alkanes of at least 4 members (excludes halogenated alkanes) is 2. The van der Waals surface area contributed by atoms with Crippen molar-refractivity contribution < 1.29 is 28.8 Å². The Labute approximate surface area is 197 Å². The molecular weight excluding hydrogens is 420 g/mol. The molecule has 1 saturated heterocycles. The molecule has 178 valence electrons. The van der Waals surface area contributed by atoms with E-state index in [0.717, 1.165) is 50.7 Å². The van der Waals surface area contributed by atoms with Crippen LogP contribution in [0.4, 0.5) is 0 Å². The van der Waals surface area contributed by atoms with E-state index in [1.165, 1.54) is 13.2 Å². The highest BCUT2D eigenvalue weighted by atomic mass is 16.7. The number of ether oxygens (including phenoxy) is 4. The molecule has 1 fully saturated rings. The fraction of sp³-hybridized carbons (Fsp3) is 0.519. The second-order valence-corrected chi connectivity index (χ2v) is 8.15. The standard InChI is InChI=1S/C27H34O6/c1-27(2,29)18-11-21-31-24-14-10-13-22(23(24)16-17-25(28)30-3)12-6-4-5-8-19-32-26-15-7-9-20-33-26/h10,13-14,16-17,26,29H,4-5,7-9,15,19-21H2,1-3H3/b17-16+. The van der Waals surface area contributed by atoms with Gasteiger partial charge in [-0.2, -0.15) is 0 Å². The summed E-state index contributed by atoms with van der Waals surface area (Å²) in [4.78, 5) is 11.6. The van der Waals surface area contributed by atoms with Crippen molar-refractivity contribution in [2.24, 2.45) is 0 Å². The highest BCUT2D eigenvalue weighted by Gasteiger charge is 2.13. The second kappa shape index (κ2) is 14.4. The van der Waals surface area contributed by atoms with Crippen LogP contribution in [-0.4, -0.2) is 49.9 Å². The van der Waals surface area contributed by atoms with Crippen LogP contribution in [0, 0.1) is 23.7 Å². The lowest BCUT2D eigenvalue weighted by Crippen LogP contribution is -2.22. The number of carbonyl (C=O) groups is 1. The number of methoxy groups -OCH3 is 1. The molecule has 1 aliphatic heterocycles. The van der Waals surface area contributed by atoms with E-state index >= 15 is 0 Å². The first-order chi connectivity index (χ1) is 15.9. The molecule has 33 heavy (non-hydrogen) atoms. The summed E-state index contributed by atoms with van der Waals surface area (Å²) in [7, 11) is 1.33. The fourth-order valence-corrected chi connectivity index (χ4v) is 3.07. The molecule has 6 nitrogen and oxygen atoms in total. The predicted molar refractivity (Wildman–Crippen MR) is 127 cm³/mol. The Bertz CT molecular complexity index is 899. The van der Waals surface area contributed by atoms with Crippen molar-refractivity contribution in [3.05, 3.63) is 35.4 Å². The average molecular weight is 455 g/mol. The molecule has 0 aliphatic carbocycles. The van der Waals surface area contributed by atoms with Gasteiger partial charge < -0.3 is 24.1 Å². The molecule has 0 radical (unpaired) electrons. The quantitative estimate of drug-likeness (QED) is 0.262. The Morgan fingerprint density at radius 3 is 2.85 bits per heavy atom. The minimum absolute atomic E-state index is 0.0510. The zero-order valence-electron chi connectivity index (χ0n) is 19.8. The molecule has 0 saturated carbocycles. The molecule has 6 heteroatoms. The van der Waals surface area contributed by atoms with Gasteiger partial charge in [-0.05, 0) is 64.2 Å². The van der Waals surface area contributed by atoms with Crippen LogP contribution in [0.25, 0.3) is 6.08 Å². The Balaban J connectivity index is 1.97. The molecule has 1 aromatic rings. The number of hydrogen-bond acceptors (Lipinski definition) is 6. The van der Waals surface area contributed by atoms with E-state index in [4.69, 9.17) is 18.9 Å². The van der Waals surface area contributed by atoms with Crippen LogP contribution in [0.5, 0.6) is 5.75 Å². The molecule has 1 unspecified atom stereocenters. The summed E-state index contributed by atoms with van der Waals surface area (Å²) in [5.41, 5.74) is 0.340. The van der Waals surface area contributed by atoms with Crippen molar-refractivity contribution >= 4 is 12.0 Å². The number of esters is 1. The number of carbonyl (C=O) groups excluding carboxylic acids is 1. The van der Waals surface area contributed by atoms with Crippen LogP contribution >= 0.6 is 0 Å². The molecule has 1 aliphatic rings. The first-order valence-electron chi connectivity index (χ1n) is 11.4. The molecule has 1 N–H and O–H groups in total. The van der Waals surface area contributed by atoms with E-state index in [1.54, 1.807) is 26.0 Å². The van der Waals surface area contributed by atoms with Crippen LogP contribution in [0.1, 0.15) is 63.5 Å². The third-order valence-electron chi connectivity index (χ3n) is 4.71. The summed E-state index contributed by atoms with van der Waals surface area (Å²) in [6.07, 6.45) is 8.76. The van der Waals surface area contributed by atoms with Gasteiger partial charge in [0.05, 0.1) is 7.11 Å². The minimum Gasteiger partial charge on any atom is -0.480 e. The fourth-order valence-electron chi connectivity index (χ4n) is 3.07. The van der Waals surface area contributed by atoms with Gasteiger partial charge in [0, 0.05) is 36.8 Å². The number of hydrogen-bond donors (Lipinski definition) is 1. The maximum absolute atomic E-state index is 11.6. The van der Waals surface area contributed by atoms with E-state index in [9.17, 15) is 9.90 Å². The smallest absolute Gasteiger partial charge is 0.330 e. The SMILES string of the molecule is COC(=O)/C=C/c1c(C#CCCCCOC2CCCCO2)cccc1OCC#CC(C)(C)O. The van der Waals surface area contributed by atoms with Gasteiger partial charge in [0.15, 0.2) is 6.29 Å². The Morgan fingerprint density at radius 2 is 2.12 bits per heavy atom. The van der Waals surface area contributed by atoms with Crippen LogP contribution < -0.4 is 4.74 Å². The monoisotopic (exact) mass is 454 g/mol. The minimum atomic E-state index is -1.08. The average Bonchev–Trinajstić information content (AvgIpc) is 2.80. The first kappa shape index (κ1) is 26.5. The summed E-state index contributed by atoms with van der Waals surface area (Å²) in [6, 6.07) is 5.51. The van der Waals surface area contributed by atoms with E-state index in [-0.39, 0.29) is 12.9 Å². The lowest BCUT2D eigenvalue weighted by atomic mass is 10.1. The van der Waals surface area contributed by atoms with Crippen LogP contribution in [0.15, 0.2) is 24.3 Å². The van der Waals surface area contributed by atoms with E-state index in [2.05, 4.69) is 23.7 Å². The van der Waals surface area contributed by atoms with Gasteiger partial charge in [0.1, 0.15) is 18.0 Å². The van der Waals surface area contributed by atoms with E-state index in [1.807, 2.05) is 12.1 Å². The third kappa shape index (κ3) is 11.1. The van der Waals surface area contributed by atoms with Crippen molar-refractivity contribution in [1.82, 2.24) is 0 Å². The van der Waals surface area contributed by atoms with Crippen molar-refractivity contribution in [3.63, 3.8) is 0 Å². The highest BCUT2D eigenvalue weighted by molar-refractivity contribution is 5.88. The maximum atomic E-state index is 11.6. The normalized spacial score (nSPS) is 15.8. The Hall–Kier alpha value is -2.77.